The maximum Gasteiger partial charge on any atom is 0.434 e. The zero-order valence-electron chi connectivity index (χ0n) is 12.0. The highest BCUT2D eigenvalue weighted by Gasteiger charge is 2.38. The van der Waals surface area contributed by atoms with Gasteiger partial charge < -0.3 is 5.32 Å². The zero-order valence-corrected chi connectivity index (χ0v) is 12.9. The molecule has 0 spiro atoms. The van der Waals surface area contributed by atoms with E-state index in [1.807, 2.05) is 13.8 Å². The van der Waals surface area contributed by atoms with Crippen LogP contribution >= 0.6 is 11.3 Å². The summed E-state index contributed by atoms with van der Waals surface area (Å²) in [6, 6.07) is 0.160. The average Bonchev–Trinajstić information content (AvgIpc) is 2.91. The summed E-state index contributed by atoms with van der Waals surface area (Å²) >= 11 is 1.23. The minimum Gasteiger partial charge on any atom is -0.310 e. The summed E-state index contributed by atoms with van der Waals surface area (Å²) in [6.07, 6.45) is -1.34. The monoisotopic (exact) mass is 306 g/mol. The number of halogens is 3. The Balaban J connectivity index is 2.22. The van der Waals surface area contributed by atoms with Crippen LogP contribution in [-0.4, -0.2) is 11.0 Å². The molecular weight excluding hydrogens is 285 g/mol. The number of nitrogens with zero attached hydrogens (tertiary/aromatic N) is 1. The molecular formula is C14H21F3N2S. The molecule has 0 amide bonds. The predicted octanol–water partition coefficient (Wildman–Crippen LogP) is 4.56. The molecule has 2 unspecified atom stereocenters. The summed E-state index contributed by atoms with van der Waals surface area (Å²) < 4.78 is 39.2. The molecule has 2 nitrogen and oxygen atoms in total. The summed E-state index contributed by atoms with van der Waals surface area (Å²) in [5.74, 6) is 0.805. The summed E-state index contributed by atoms with van der Waals surface area (Å²) in [6.45, 7) is 6.24. The summed E-state index contributed by atoms with van der Waals surface area (Å²) in [7, 11) is 0. The van der Waals surface area contributed by atoms with Crippen molar-refractivity contribution in [1.29, 1.82) is 0 Å². The molecule has 1 aliphatic carbocycles. The first-order valence-electron chi connectivity index (χ1n) is 7.07. The Morgan fingerprint density at radius 3 is 2.55 bits per heavy atom. The highest BCUT2D eigenvalue weighted by Crippen LogP contribution is 2.43. The van der Waals surface area contributed by atoms with E-state index in [0.29, 0.717) is 15.8 Å². The third kappa shape index (κ3) is 3.73. The lowest BCUT2D eigenvalue weighted by Gasteiger charge is -2.09. The lowest BCUT2D eigenvalue weighted by atomic mass is 10.1. The van der Waals surface area contributed by atoms with Crippen LogP contribution in [0.5, 0.6) is 0 Å². The van der Waals surface area contributed by atoms with E-state index >= 15 is 0 Å². The molecule has 1 heterocycles. The molecule has 1 saturated carbocycles. The number of rotatable bonds is 4. The van der Waals surface area contributed by atoms with Crippen LogP contribution in [-0.2, 0) is 12.7 Å². The van der Waals surface area contributed by atoms with E-state index in [1.165, 1.54) is 11.3 Å². The third-order valence-corrected chi connectivity index (χ3v) is 4.92. The van der Waals surface area contributed by atoms with Gasteiger partial charge in [0.15, 0.2) is 5.69 Å². The van der Waals surface area contributed by atoms with Crippen molar-refractivity contribution < 1.29 is 13.2 Å². The van der Waals surface area contributed by atoms with Crippen molar-refractivity contribution in [2.24, 2.45) is 5.92 Å². The van der Waals surface area contributed by atoms with E-state index in [2.05, 4.69) is 17.2 Å². The van der Waals surface area contributed by atoms with Gasteiger partial charge in [-0.25, -0.2) is 4.98 Å². The molecule has 0 aliphatic heterocycles. The molecule has 0 bridgehead atoms. The molecule has 2 atom stereocenters. The van der Waals surface area contributed by atoms with Crippen molar-refractivity contribution in [3.05, 3.63) is 15.6 Å². The Hall–Kier alpha value is -0.620. The van der Waals surface area contributed by atoms with E-state index in [0.717, 1.165) is 19.3 Å². The molecule has 1 aromatic heterocycles. The van der Waals surface area contributed by atoms with Crippen molar-refractivity contribution in [3.8, 4) is 0 Å². The van der Waals surface area contributed by atoms with Crippen molar-refractivity contribution in [3.63, 3.8) is 0 Å². The van der Waals surface area contributed by atoms with Crippen LogP contribution in [0.1, 0.15) is 61.5 Å². The first-order chi connectivity index (χ1) is 9.27. The Labute approximate surface area is 121 Å². The molecule has 1 N–H and O–H groups in total. The Bertz CT molecular complexity index is 454. The molecule has 1 fully saturated rings. The van der Waals surface area contributed by atoms with Crippen LogP contribution < -0.4 is 5.32 Å². The van der Waals surface area contributed by atoms with Gasteiger partial charge in [0.05, 0.1) is 9.88 Å². The predicted molar refractivity (Wildman–Crippen MR) is 74.8 cm³/mol. The molecule has 20 heavy (non-hydrogen) atoms. The van der Waals surface area contributed by atoms with Gasteiger partial charge in [-0.2, -0.15) is 13.2 Å². The van der Waals surface area contributed by atoms with Gasteiger partial charge in [0, 0.05) is 18.5 Å². The minimum absolute atomic E-state index is 0.160. The number of nitrogens with one attached hydrogen (secondary N) is 1. The lowest BCUT2D eigenvalue weighted by molar-refractivity contribution is -0.141. The van der Waals surface area contributed by atoms with Crippen LogP contribution in [0.2, 0.25) is 0 Å². The second-order valence-corrected chi connectivity index (χ2v) is 7.09. The van der Waals surface area contributed by atoms with E-state index < -0.39 is 11.9 Å². The van der Waals surface area contributed by atoms with Crippen LogP contribution in [0.4, 0.5) is 13.2 Å². The van der Waals surface area contributed by atoms with Crippen LogP contribution in [0.15, 0.2) is 0 Å². The molecule has 0 saturated heterocycles. The first kappa shape index (κ1) is 15.8. The second kappa shape index (κ2) is 6.02. The Morgan fingerprint density at radius 1 is 1.35 bits per heavy atom. The maximum atomic E-state index is 13.1. The molecule has 1 aromatic rings. The SMILES string of the molecule is CC1CCC(c2nc(C(F)(F)F)c(CNC(C)C)s2)C1. The Morgan fingerprint density at radius 2 is 2.05 bits per heavy atom. The topological polar surface area (TPSA) is 24.9 Å². The van der Waals surface area contributed by atoms with Gasteiger partial charge in [0.1, 0.15) is 0 Å². The summed E-state index contributed by atoms with van der Waals surface area (Å²) in [5.41, 5.74) is -0.690. The average molecular weight is 306 g/mol. The van der Waals surface area contributed by atoms with Crippen molar-refractivity contribution in [2.75, 3.05) is 0 Å². The Kier molecular flexibility index (Phi) is 4.74. The van der Waals surface area contributed by atoms with E-state index in [4.69, 9.17) is 0 Å². The van der Waals surface area contributed by atoms with Crippen LogP contribution in [0.25, 0.3) is 0 Å². The van der Waals surface area contributed by atoms with Crippen LogP contribution in [0.3, 0.4) is 0 Å². The normalized spacial score (nSPS) is 23.8. The van der Waals surface area contributed by atoms with Crippen LogP contribution in [0, 0.1) is 5.92 Å². The fourth-order valence-electron chi connectivity index (χ4n) is 2.61. The number of aromatic nitrogens is 1. The fourth-order valence-corrected chi connectivity index (χ4v) is 3.80. The highest BCUT2D eigenvalue weighted by molar-refractivity contribution is 7.11. The van der Waals surface area contributed by atoms with Gasteiger partial charge in [-0.15, -0.1) is 11.3 Å². The first-order valence-corrected chi connectivity index (χ1v) is 7.89. The molecule has 0 radical (unpaired) electrons. The standard InChI is InChI=1S/C14H21F3N2S/c1-8(2)18-7-11-12(14(15,16)17)19-13(20-11)10-5-4-9(3)6-10/h8-10,18H,4-7H2,1-3H3. The third-order valence-electron chi connectivity index (χ3n) is 3.70. The maximum absolute atomic E-state index is 13.1. The molecule has 1 aliphatic rings. The van der Waals surface area contributed by atoms with Crippen molar-refractivity contribution in [2.45, 2.75) is 64.7 Å². The van der Waals surface area contributed by atoms with Gasteiger partial charge in [-0.05, 0) is 18.8 Å². The van der Waals surface area contributed by atoms with Crippen molar-refractivity contribution in [1.82, 2.24) is 10.3 Å². The zero-order chi connectivity index (χ0) is 14.9. The lowest BCUT2D eigenvalue weighted by Crippen LogP contribution is -2.23. The molecule has 0 aromatic carbocycles. The fraction of sp³-hybridized carbons (Fsp3) is 0.786. The smallest absolute Gasteiger partial charge is 0.310 e. The van der Waals surface area contributed by atoms with E-state index in [1.54, 1.807) is 0 Å². The number of thiazole rings is 1. The molecule has 114 valence electrons. The van der Waals surface area contributed by atoms with Gasteiger partial charge in [-0.3, -0.25) is 0 Å². The van der Waals surface area contributed by atoms with Gasteiger partial charge >= 0.3 is 6.18 Å². The summed E-state index contributed by atoms with van der Waals surface area (Å²) in [5, 5.41) is 3.73. The number of hydrogen-bond acceptors (Lipinski definition) is 3. The van der Waals surface area contributed by atoms with Gasteiger partial charge in [0.2, 0.25) is 0 Å². The van der Waals surface area contributed by atoms with E-state index in [-0.39, 0.29) is 18.5 Å². The number of hydrogen-bond donors (Lipinski definition) is 1. The quantitative estimate of drug-likeness (QED) is 0.882. The summed E-state index contributed by atoms with van der Waals surface area (Å²) in [4.78, 5) is 4.25. The van der Waals surface area contributed by atoms with E-state index in [9.17, 15) is 13.2 Å². The molecule has 2 rings (SSSR count). The van der Waals surface area contributed by atoms with Gasteiger partial charge in [0.25, 0.3) is 0 Å². The minimum atomic E-state index is -4.35. The molecule has 6 heteroatoms. The largest absolute Gasteiger partial charge is 0.434 e. The second-order valence-electron chi connectivity index (χ2n) is 5.97. The highest BCUT2D eigenvalue weighted by atomic mass is 32.1. The number of alkyl halides is 3. The van der Waals surface area contributed by atoms with Crippen molar-refractivity contribution >= 4 is 11.3 Å². The van der Waals surface area contributed by atoms with Gasteiger partial charge in [-0.1, -0.05) is 27.2 Å².